The van der Waals surface area contributed by atoms with Gasteiger partial charge in [0.1, 0.15) is 0 Å². The van der Waals surface area contributed by atoms with E-state index in [-0.39, 0.29) is 0 Å². The second kappa shape index (κ2) is 4.29. The van der Waals surface area contributed by atoms with E-state index in [1.165, 1.54) is 0 Å². The van der Waals surface area contributed by atoms with Crippen LogP contribution in [-0.4, -0.2) is 5.16 Å². The molecule has 15 heavy (non-hydrogen) atoms. The minimum absolute atomic E-state index is 0.586. The molecule has 4 heteroatoms. The normalized spacial score (nSPS) is 10.6. The van der Waals surface area contributed by atoms with Crippen LogP contribution in [-0.2, 0) is 5.75 Å². The van der Waals surface area contributed by atoms with E-state index in [1.54, 1.807) is 0 Å². The molecule has 2 nitrogen and oxygen atoms in total. The Hall–Kier alpha value is -0.930. The molecule has 0 radical (unpaired) electrons. The van der Waals surface area contributed by atoms with Gasteiger partial charge in [-0.3, -0.25) is 0 Å². The number of thiol groups is 1. The number of aromatic nitrogens is 1. The Morgan fingerprint density at radius 3 is 2.53 bits per heavy atom. The summed E-state index contributed by atoms with van der Waals surface area (Å²) in [6.07, 6.45) is 0. The second-order valence-electron chi connectivity index (χ2n) is 3.25. The highest BCUT2D eigenvalue weighted by Gasteiger charge is 2.12. The largest absolute Gasteiger partial charge is 0.356 e. The van der Waals surface area contributed by atoms with Gasteiger partial charge >= 0.3 is 0 Å². The van der Waals surface area contributed by atoms with Crippen molar-refractivity contribution in [3.8, 4) is 11.3 Å². The molecule has 0 unspecified atom stereocenters. The zero-order valence-electron chi connectivity index (χ0n) is 8.20. The van der Waals surface area contributed by atoms with Crippen LogP contribution in [0.1, 0.15) is 11.3 Å². The van der Waals surface area contributed by atoms with E-state index < -0.39 is 0 Å². The maximum atomic E-state index is 5.81. The Balaban J connectivity index is 2.45. The van der Waals surface area contributed by atoms with Crippen LogP contribution >= 0.6 is 24.2 Å². The lowest BCUT2D eigenvalue weighted by Crippen LogP contribution is -1.81. The fourth-order valence-corrected chi connectivity index (χ4v) is 1.81. The molecular formula is C11H10ClNOS. The highest BCUT2D eigenvalue weighted by molar-refractivity contribution is 7.79. The molecule has 1 aromatic heterocycles. The Kier molecular flexibility index (Phi) is 3.03. The van der Waals surface area contributed by atoms with Crippen molar-refractivity contribution in [1.82, 2.24) is 5.16 Å². The lowest BCUT2D eigenvalue weighted by molar-refractivity contribution is 0.426. The van der Waals surface area contributed by atoms with Gasteiger partial charge in [0.25, 0.3) is 0 Å². The van der Waals surface area contributed by atoms with Gasteiger partial charge in [0.15, 0.2) is 5.76 Å². The predicted molar refractivity (Wildman–Crippen MR) is 64.4 cm³/mol. The first kappa shape index (κ1) is 10.6. The SMILES string of the molecule is Cc1c(CS)noc1-c1ccc(Cl)cc1. The number of benzene rings is 1. The van der Waals surface area contributed by atoms with Crippen molar-refractivity contribution in [3.63, 3.8) is 0 Å². The van der Waals surface area contributed by atoms with Gasteiger partial charge in [-0.15, -0.1) is 0 Å². The van der Waals surface area contributed by atoms with E-state index in [1.807, 2.05) is 31.2 Å². The molecule has 0 aliphatic heterocycles. The molecule has 0 spiro atoms. The summed E-state index contributed by atoms with van der Waals surface area (Å²) < 4.78 is 5.27. The Bertz CT molecular complexity index is 464. The third-order valence-corrected chi connectivity index (χ3v) is 2.83. The number of hydrogen-bond acceptors (Lipinski definition) is 3. The summed E-state index contributed by atoms with van der Waals surface area (Å²) in [6.45, 7) is 1.98. The van der Waals surface area contributed by atoms with Crippen LogP contribution in [0.25, 0.3) is 11.3 Å². The molecule has 78 valence electrons. The van der Waals surface area contributed by atoms with Gasteiger partial charge in [0, 0.05) is 21.9 Å². The molecule has 0 bridgehead atoms. The van der Waals surface area contributed by atoms with Gasteiger partial charge in [-0.1, -0.05) is 16.8 Å². The molecule has 1 heterocycles. The van der Waals surface area contributed by atoms with Crippen LogP contribution in [0.5, 0.6) is 0 Å². The van der Waals surface area contributed by atoms with Crippen LogP contribution in [0.3, 0.4) is 0 Å². The molecule has 1 aromatic carbocycles. The van der Waals surface area contributed by atoms with Crippen molar-refractivity contribution in [2.45, 2.75) is 12.7 Å². The van der Waals surface area contributed by atoms with E-state index in [2.05, 4.69) is 17.8 Å². The zero-order chi connectivity index (χ0) is 10.8. The Labute approximate surface area is 98.6 Å². The van der Waals surface area contributed by atoms with Crippen molar-refractivity contribution in [2.24, 2.45) is 0 Å². The fourth-order valence-electron chi connectivity index (χ4n) is 1.39. The molecule has 0 amide bonds. The van der Waals surface area contributed by atoms with Crippen molar-refractivity contribution >= 4 is 24.2 Å². The third kappa shape index (κ3) is 2.03. The van der Waals surface area contributed by atoms with E-state index >= 15 is 0 Å². The summed E-state index contributed by atoms with van der Waals surface area (Å²) in [5.74, 6) is 1.37. The number of halogens is 1. The average Bonchev–Trinajstić information content (AvgIpc) is 2.61. The molecular weight excluding hydrogens is 230 g/mol. The lowest BCUT2D eigenvalue weighted by Gasteiger charge is -1.97. The van der Waals surface area contributed by atoms with Crippen LogP contribution in [0.4, 0.5) is 0 Å². The smallest absolute Gasteiger partial charge is 0.170 e. The van der Waals surface area contributed by atoms with Crippen LogP contribution in [0.2, 0.25) is 5.02 Å². The number of nitrogens with zero attached hydrogens (tertiary/aromatic N) is 1. The predicted octanol–water partition coefficient (Wildman–Crippen LogP) is 3.73. The Morgan fingerprint density at radius 2 is 2.00 bits per heavy atom. The van der Waals surface area contributed by atoms with E-state index in [0.717, 1.165) is 22.6 Å². The summed E-state index contributed by atoms with van der Waals surface area (Å²) in [7, 11) is 0. The standard InChI is InChI=1S/C11H10ClNOS/c1-7-10(6-15)13-14-11(7)8-2-4-9(12)5-3-8/h2-5,15H,6H2,1H3. The molecule has 2 aromatic rings. The van der Waals surface area contributed by atoms with Crippen molar-refractivity contribution < 1.29 is 4.52 Å². The second-order valence-corrected chi connectivity index (χ2v) is 4.00. The lowest BCUT2D eigenvalue weighted by atomic mass is 10.1. The topological polar surface area (TPSA) is 26.0 Å². The molecule has 0 aliphatic carbocycles. The molecule has 0 N–H and O–H groups in total. The van der Waals surface area contributed by atoms with Crippen LogP contribution in [0, 0.1) is 6.92 Å². The Morgan fingerprint density at radius 1 is 1.33 bits per heavy atom. The molecule has 0 atom stereocenters. The summed E-state index contributed by atoms with van der Waals surface area (Å²) in [4.78, 5) is 0. The van der Waals surface area contributed by atoms with E-state index in [4.69, 9.17) is 16.1 Å². The molecule has 0 saturated heterocycles. The van der Waals surface area contributed by atoms with Crippen molar-refractivity contribution in [1.29, 1.82) is 0 Å². The third-order valence-electron chi connectivity index (χ3n) is 2.28. The van der Waals surface area contributed by atoms with Gasteiger partial charge in [0.05, 0.1) is 5.69 Å². The summed E-state index contributed by atoms with van der Waals surface area (Å²) in [5, 5.41) is 4.66. The van der Waals surface area contributed by atoms with Crippen LogP contribution < -0.4 is 0 Å². The maximum Gasteiger partial charge on any atom is 0.170 e. The quantitative estimate of drug-likeness (QED) is 0.809. The molecule has 0 fully saturated rings. The van der Waals surface area contributed by atoms with E-state index in [0.29, 0.717) is 10.8 Å². The first-order valence-corrected chi connectivity index (χ1v) is 5.55. The highest BCUT2D eigenvalue weighted by atomic mass is 35.5. The van der Waals surface area contributed by atoms with E-state index in [9.17, 15) is 0 Å². The first-order valence-electron chi connectivity index (χ1n) is 4.54. The molecule has 0 saturated carbocycles. The highest BCUT2D eigenvalue weighted by Crippen LogP contribution is 2.27. The van der Waals surface area contributed by atoms with Gasteiger partial charge < -0.3 is 4.52 Å². The van der Waals surface area contributed by atoms with Gasteiger partial charge in [-0.05, 0) is 31.2 Å². The monoisotopic (exact) mass is 239 g/mol. The van der Waals surface area contributed by atoms with Gasteiger partial charge in [0.2, 0.25) is 0 Å². The van der Waals surface area contributed by atoms with Gasteiger partial charge in [-0.25, -0.2) is 0 Å². The number of hydrogen-bond donors (Lipinski definition) is 1. The first-order chi connectivity index (χ1) is 7.22. The minimum atomic E-state index is 0.586. The summed E-state index contributed by atoms with van der Waals surface area (Å²) >= 11 is 9.99. The average molecular weight is 240 g/mol. The summed E-state index contributed by atoms with van der Waals surface area (Å²) in [5.41, 5.74) is 2.90. The molecule has 2 rings (SSSR count). The van der Waals surface area contributed by atoms with Gasteiger partial charge in [-0.2, -0.15) is 12.6 Å². The minimum Gasteiger partial charge on any atom is -0.356 e. The van der Waals surface area contributed by atoms with Crippen molar-refractivity contribution in [2.75, 3.05) is 0 Å². The van der Waals surface area contributed by atoms with Crippen LogP contribution in [0.15, 0.2) is 28.8 Å². The number of rotatable bonds is 2. The summed E-state index contributed by atoms with van der Waals surface area (Å²) in [6, 6.07) is 7.49. The van der Waals surface area contributed by atoms with Crippen molar-refractivity contribution in [3.05, 3.63) is 40.5 Å². The maximum absolute atomic E-state index is 5.81. The molecule has 0 aliphatic rings. The zero-order valence-corrected chi connectivity index (χ0v) is 9.85. The fraction of sp³-hybridized carbons (Fsp3) is 0.182.